The first-order valence-corrected chi connectivity index (χ1v) is 5.75. The van der Waals surface area contributed by atoms with E-state index in [0.717, 1.165) is 6.07 Å². The third-order valence-corrected chi connectivity index (χ3v) is 2.54. The summed E-state index contributed by atoms with van der Waals surface area (Å²) in [4.78, 5) is 14.2. The molecule has 0 radical (unpaired) electrons. The lowest BCUT2D eigenvalue weighted by molar-refractivity contribution is -0.384. The van der Waals surface area contributed by atoms with Crippen LogP contribution >= 0.6 is 0 Å². The Morgan fingerprint density at radius 2 is 2.05 bits per heavy atom. The van der Waals surface area contributed by atoms with E-state index in [0.29, 0.717) is 5.56 Å². The van der Waals surface area contributed by atoms with Crippen LogP contribution in [0.5, 0.6) is 5.75 Å². The summed E-state index contributed by atoms with van der Waals surface area (Å²) in [6.07, 6.45) is -1.56. The fourth-order valence-electron chi connectivity index (χ4n) is 1.68. The van der Waals surface area contributed by atoms with Gasteiger partial charge in [-0.2, -0.15) is 13.2 Å². The molecule has 0 aliphatic carbocycles. The van der Waals surface area contributed by atoms with Crippen molar-refractivity contribution >= 4 is 5.69 Å². The van der Waals surface area contributed by atoms with Gasteiger partial charge in [-0.25, -0.2) is 0 Å². The molecule has 0 saturated heterocycles. The molecule has 0 aliphatic rings. The number of ether oxygens (including phenoxy) is 1. The molecule has 0 unspecified atom stereocenters. The SMILES string of the molecule is O=[N+]([O-])c1cc(OCC(F)(F)F)ccc1-c1cccnc1. The number of aromatic nitrogens is 1. The predicted octanol–water partition coefficient (Wildman–Crippen LogP) is 3.60. The Balaban J connectivity index is 2.34. The van der Waals surface area contributed by atoms with Crippen molar-refractivity contribution in [2.45, 2.75) is 6.18 Å². The van der Waals surface area contributed by atoms with E-state index in [9.17, 15) is 23.3 Å². The number of benzene rings is 1. The first-order valence-electron chi connectivity index (χ1n) is 5.75. The van der Waals surface area contributed by atoms with Gasteiger partial charge in [0.15, 0.2) is 6.61 Å². The molecule has 8 heteroatoms. The highest BCUT2D eigenvalue weighted by Crippen LogP contribution is 2.33. The van der Waals surface area contributed by atoms with Crippen LogP contribution in [0.1, 0.15) is 0 Å². The Bertz CT molecular complexity index is 645. The van der Waals surface area contributed by atoms with E-state index in [4.69, 9.17) is 0 Å². The summed E-state index contributed by atoms with van der Waals surface area (Å²) in [6, 6.07) is 6.77. The van der Waals surface area contributed by atoms with Crippen molar-refractivity contribution in [3.63, 3.8) is 0 Å². The molecule has 5 nitrogen and oxygen atoms in total. The number of nitro benzene ring substituents is 1. The Labute approximate surface area is 117 Å². The smallest absolute Gasteiger partial charge is 0.422 e. The molecule has 21 heavy (non-hydrogen) atoms. The van der Waals surface area contributed by atoms with Crippen LogP contribution in [0, 0.1) is 10.1 Å². The highest BCUT2D eigenvalue weighted by Gasteiger charge is 2.29. The molecule has 0 saturated carbocycles. The lowest BCUT2D eigenvalue weighted by atomic mass is 10.1. The van der Waals surface area contributed by atoms with E-state index in [1.807, 2.05) is 0 Å². The van der Waals surface area contributed by atoms with Crippen LogP contribution in [0.3, 0.4) is 0 Å². The molecule has 0 bridgehead atoms. The number of nitro groups is 1. The second-order valence-corrected chi connectivity index (χ2v) is 4.08. The number of rotatable bonds is 4. The van der Waals surface area contributed by atoms with Gasteiger partial charge < -0.3 is 4.74 Å². The number of nitrogens with zero attached hydrogens (tertiary/aromatic N) is 2. The van der Waals surface area contributed by atoms with Gasteiger partial charge in [-0.15, -0.1) is 0 Å². The van der Waals surface area contributed by atoms with Gasteiger partial charge in [-0.3, -0.25) is 15.1 Å². The van der Waals surface area contributed by atoms with Crippen molar-refractivity contribution in [1.29, 1.82) is 0 Å². The van der Waals surface area contributed by atoms with Crippen LogP contribution in [-0.4, -0.2) is 22.7 Å². The summed E-state index contributed by atoms with van der Waals surface area (Å²) in [5, 5.41) is 11.1. The van der Waals surface area contributed by atoms with Gasteiger partial charge in [-0.1, -0.05) is 6.07 Å². The first kappa shape index (κ1) is 14.8. The highest BCUT2D eigenvalue weighted by molar-refractivity contribution is 5.73. The second kappa shape index (κ2) is 5.78. The van der Waals surface area contributed by atoms with E-state index in [2.05, 4.69) is 9.72 Å². The van der Waals surface area contributed by atoms with Crippen LogP contribution in [0.2, 0.25) is 0 Å². The summed E-state index contributed by atoms with van der Waals surface area (Å²) in [5.74, 6) is -0.216. The van der Waals surface area contributed by atoms with Crippen molar-refractivity contribution < 1.29 is 22.8 Å². The highest BCUT2D eigenvalue weighted by atomic mass is 19.4. The molecule has 110 valence electrons. The largest absolute Gasteiger partial charge is 0.484 e. The Hall–Kier alpha value is -2.64. The van der Waals surface area contributed by atoms with Crippen LogP contribution in [-0.2, 0) is 0 Å². The molecule has 2 rings (SSSR count). The normalized spacial score (nSPS) is 11.2. The lowest BCUT2D eigenvalue weighted by Gasteiger charge is -2.10. The Morgan fingerprint density at radius 3 is 2.62 bits per heavy atom. The average Bonchev–Trinajstić information content (AvgIpc) is 2.45. The van der Waals surface area contributed by atoms with Gasteiger partial charge in [0, 0.05) is 18.0 Å². The minimum Gasteiger partial charge on any atom is -0.484 e. The third kappa shape index (κ3) is 3.91. The maximum atomic E-state index is 12.1. The molecule has 0 fully saturated rings. The maximum absolute atomic E-state index is 12.1. The molecule has 2 aromatic rings. The molecule has 0 N–H and O–H groups in total. The second-order valence-electron chi connectivity index (χ2n) is 4.08. The zero-order valence-electron chi connectivity index (χ0n) is 10.5. The number of alkyl halides is 3. The topological polar surface area (TPSA) is 65.3 Å². The molecule has 0 spiro atoms. The van der Waals surface area contributed by atoms with Crippen molar-refractivity contribution in [2.75, 3.05) is 6.61 Å². The van der Waals surface area contributed by atoms with Crippen molar-refractivity contribution in [3.8, 4) is 16.9 Å². The summed E-state index contributed by atoms with van der Waals surface area (Å²) in [6.45, 7) is -1.50. The van der Waals surface area contributed by atoms with Crippen molar-refractivity contribution in [2.24, 2.45) is 0 Å². The number of pyridine rings is 1. The van der Waals surface area contributed by atoms with Crippen LogP contribution < -0.4 is 4.74 Å². The van der Waals surface area contributed by atoms with Crippen molar-refractivity contribution in [3.05, 3.63) is 52.8 Å². The zero-order chi connectivity index (χ0) is 15.5. The number of halogens is 3. The van der Waals surface area contributed by atoms with Gasteiger partial charge in [0.1, 0.15) is 5.75 Å². The van der Waals surface area contributed by atoms with Crippen LogP contribution in [0.4, 0.5) is 18.9 Å². The average molecular weight is 298 g/mol. The third-order valence-electron chi connectivity index (χ3n) is 2.54. The lowest BCUT2D eigenvalue weighted by Crippen LogP contribution is -2.19. The van der Waals surface area contributed by atoms with Gasteiger partial charge in [-0.05, 0) is 18.2 Å². The van der Waals surface area contributed by atoms with E-state index in [1.165, 1.54) is 24.5 Å². The summed E-state index contributed by atoms with van der Waals surface area (Å²) in [5.41, 5.74) is 0.404. The minimum atomic E-state index is -4.50. The molecular weight excluding hydrogens is 289 g/mol. The molecule has 0 aliphatic heterocycles. The van der Waals surface area contributed by atoms with Gasteiger partial charge >= 0.3 is 6.18 Å². The van der Waals surface area contributed by atoms with E-state index < -0.39 is 17.7 Å². The monoisotopic (exact) mass is 298 g/mol. The molecule has 0 atom stereocenters. The fraction of sp³-hybridized carbons (Fsp3) is 0.154. The molecular formula is C13H9F3N2O3. The maximum Gasteiger partial charge on any atom is 0.422 e. The van der Waals surface area contributed by atoms with Crippen molar-refractivity contribution in [1.82, 2.24) is 4.98 Å². The molecule has 1 aromatic carbocycles. The number of hydrogen-bond donors (Lipinski definition) is 0. The fourth-order valence-corrected chi connectivity index (χ4v) is 1.68. The van der Waals surface area contributed by atoms with Gasteiger partial charge in [0.2, 0.25) is 0 Å². The quantitative estimate of drug-likeness (QED) is 0.639. The summed E-state index contributed by atoms with van der Waals surface area (Å²) >= 11 is 0. The minimum absolute atomic E-state index is 0.216. The summed E-state index contributed by atoms with van der Waals surface area (Å²) < 4.78 is 40.7. The number of hydrogen-bond acceptors (Lipinski definition) is 4. The Morgan fingerprint density at radius 1 is 1.29 bits per heavy atom. The zero-order valence-corrected chi connectivity index (χ0v) is 10.5. The van der Waals surface area contributed by atoms with Crippen LogP contribution in [0.15, 0.2) is 42.7 Å². The first-order chi connectivity index (χ1) is 9.87. The molecule has 1 aromatic heterocycles. The summed E-state index contributed by atoms with van der Waals surface area (Å²) in [7, 11) is 0. The molecule has 1 heterocycles. The van der Waals surface area contributed by atoms with Gasteiger partial charge in [0.25, 0.3) is 5.69 Å². The van der Waals surface area contributed by atoms with Crippen LogP contribution in [0.25, 0.3) is 11.1 Å². The van der Waals surface area contributed by atoms with Gasteiger partial charge in [0.05, 0.1) is 16.6 Å². The van der Waals surface area contributed by atoms with E-state index in [-0.39, 0.29) is 17.0 Å². The van der Waals surface area contributed by atoms with E-state index >= 15 is 0 Å². The standard InChI is InChI=1S/C13H9F3N2O3/c14-13(15,16)8-21-10-3-4-11(12(6-10)18(19)20)9-2-1-5-17-7-9/h1-7H,8H2. The predicted molar refractivity (Wildman–Crippen MR) is 67.9 cm³/mol. The molecule has 0 amide bonds. The van der Waals surface area contributed by atoms with E-state index in [1.54, 1.807) is 12.1 Å². The Kier molecular flexibility index (Phi) is 4.06.